The number of hydrogen-bond acceptors (Lipinski definition) is 7. The summed E-state index contributed by atoms with van der Waals surface area (Å²) in [4.78, 5) is 48.0. The highest BCUT2D eigenvalue weighted by Crippen LogP contribution is 2.23. The number of esters is 1. The number of hydrogen-bond donors (Lipinski definition) is 3. The molecule has 0 spiro atoms. The third-order valence-electron chi connectivity index (χ3n) is 3.17. The number of carbonyl (C=O) groups excluding carboxylic acids is 4. The standard InChI is InChI=1S/C18H21N3O6S/c1-10(14(22)20-17(25)21-18(2,3)4)27-16(24)12-7-8-13(28-12)19-15(23)11-6-5-9-26-11/h5-10H,1-4H3,(H,19,23)(H2,20,21,22,25). The molecule has 0 aromatic carbocycles. The number of anilines is 1. The van der Waals surface area contributed by atoms with Crippen LogP contribution in [0.1, 0.15) is 47.9 Å². The van der Waals surface area contributed by atoms with Crippen molar-refractivity contribution in [2.45, 2.75) is 39.3 Å². The van der Waals surface area contributed by atoms with E-state index in [1.165, 1.54) is 31.4 Å². The molecule has 2 rings (SSSR count). The number of nitrogens with one attached hydrogen (secondary N) is 3. The Balaban J connectivity index is 1.88. The van der Waals surface area contributed by atoms with Crippen LogP contribution in [0.3, 0.4) is 0 Å². The third-order valence-corrected chi connectivity index (χ3v) is 4.15. The first-order valence-electron chi connectivity index (χ1n) is 8.34. The predicted molar refractivity (Wildman–Crippen MR) is 102 cm³/mol. The molecule has 0 aliphatic rings. The van der Waals surface area contributed by atoms with Crippen LogP contribution >= 0.6 is 11.3 Å². The molecule has 1 unspecified atom stereocenters. The van der Waals surface area contributed by atoms with Crippen molar-refractivity contribution in [2.24, 2.45) is 0 Å². The fraction of sp³-hybridized carbons (Fsp3) is 0.333. The van der Waals surface area contributed by atoms with Gasteiger partial charge in [0.25, 0.3) is 11.8 Å². The van der Waals surface area contributed by atoms with Gasteiger partial charge in [-0.25, -0.2) is 9.59 Å². The summed E-state index contributed by atoms with van der Waals surface area (Å²) in [5.41, 5.74) is -0.516. The molecule has 0 saturated carbocycles. The van der Waals surface area contributed by atoms with E-state index in [1.807, 2.05) is 0 Å². The maximum absolute atomic E-state index is 12.2. The highest BCUT2D eigenvalue weighted by atomic mass is 32.1. The maximum Gasteiger partial charge on any atom is 0.349 e. The SMILES string of the molecule is CC(OC(=O)c1ccc(NC(=O)c2ccco2)s1)C(=O)NC(=O)NC(C)(C)C. The van der Waals surface area contributed by atoms with Crippen LogP contribution in [-0.2, 0) is 9.53 Å². The Bertz CT molecular complexity index is 866. The minimum atomic E-state index is -1.18. The Morgan fingerprint density at radius 1 is 1.14 bits per heavy atom. The van der Waals surface area contributed by atoms with Gasteiger partial charge in [-0.05, 0) is 52.0 Å². The summed E-state index contributed by atoms with van der Waals surface area (Å²) in [6, 6.07) is 5.40. The van der Waals surface area contributed by atoms with Crippen LogP contribution in [-0.4, -0.2) is 35.5 Å². The van der Waals surface area contributed by atoms with Crippen molar-refractivity contribution in [1.29, 1.82) is 0 Å². The first kappa shape index (κ1) is 21.2. The van der Waals surface area contributed by atoms with Gasteiger partial charge in [0, 0.05) is 5.54 Å². The molecule has 0 aliphatic carbocycles. The molecule has 0 saturated heterocycles. The maximum atomic E-state index is 12.2. The normalized spacial score (nSPS) is 12.0. The van der Waals surface area contributed by atoms with Gasteiger partial charge in [0.15, 0.2) is 11.9 Å². The number of ether oxygens (including phenoxy) is 1. The molecule has 150 valence electrons. The molecular formula is C18H21N3O6S. The van der Waals surface area contributed by atoms with Crippen LogP contribution < -0.4 is 16.0 Å². The first-order chi connectivity index (χ1) is 13.0. The van der Waals surface area contributed by atoms with Crippen molar-refractivity contribution in [1.82, 2.24) is 10.6 Å². The molecule has 2 aromatic heterocycles. The van der Waals surface area contributed by atoms with Gasteiger partial charge in [-0.15, -0.1) is 11.3 Å². The lowest BCUT2D eigenvalue weighted by Gasteiger charge is -2.21. The van der Waals surface area contributed by atoms with E-state index in [1.54, 1.807) is 26.8 Å². The minimum absolute atomic E-state index is 0.136. The largest absolute Gasteiger partial charge is 0.459 e. The minimum Gasteiger partial charge on any atom is -0.459 e. The van der Waals surface area contributed by atoms with E-state index in [2.05, 4.69) is 16.0 Å². The zero-order valence-electron chi connectivity index (χ0n) is 15.8. The van der Waals surface area contributed by atoms with Gasteiger partial charge >= 0.3 is 12.0 Å². The Morgan fingerprint density at radius 3 is 2.46 bits per heavy atom. The molecule has 0 bridgehead atoms. The zero-order valence-corrected chi connectivity index (χ0v) is 16.6. The lowest BCUT2D eigenvalue weighted by Crippen LogP contribution is -2.50. The average molecular weight is 407 g/mol. The number of thiophene rings is 1. The smallest absolute Gasteiger partial charge is 0.349 e. The number of furan rings is 1. The topological polar surface area (TPSA) is 127 Å². The van der Waals surface area contributed by atoms with Crippen molar-refractivity contribution < 1.29 is 28.3 Å². The van der Waals surface area contributed by atoms with Gasteiger partial charge in [-0.3, -0.25) is 14.9 Å². The molecule has 0 fully saturated rings. The third kappa shape index (κ3) is 6.23. The molecular weight excluding hydrogens is 386 g/mol. The van der Waals surface area contributed by atoms with Crippen molar-refractivity contribution in [3.8, 4) is 0 Å². The van der Waals surface area contributed by atoms with Crippen LogP contribution in [0, 0.1) is 0 Å². The van der Waals surface area contributed by atoms with Crippen molar-refractivity contribution >= 4 is 40.2 Å². The van der Waals surface area contributed by atoms with E-state index in [0.29, 0.717) is 5.00 Å². The lowest BCUT2D eigenvalue weighted by molar-refractivity contribution is -0.127. The van der Waals surface area contributed by atoms with E-state index >= 15 is 0 Å². The Kier molecular flexibility index (Phi) is 6.57. The van der Waals surface area contributed by atoms with E-state index in [-0.39, 0.29) is 10.6 Å². The van der Waals surface area contributed by atoms with Crippen LogP contribution in [0.4, 0.5) is 9.80 Å². The first-order valence-corrected chi connectivity index (χ1v) is 9.15. The summed E-state index contributed by atoms with van der Waals surface area (Å²) in [5, 5.41) is 7.68. The number of rotatable bonds is 5. The van der Waals surface area contributed by atoms with E-state index in [9.17, 15) is 19.2 Å². The zero-order chi connectivity index (χ0) is 20.9. The summed E-state index contributed by atoms with van der Waals surface area (Å²) in [7, 11) is 0. The Hall–Kier alpha value is -3.14. The van der Waals surface area contributed by atoms with Gasteiger partial charge in [0.1, 0.15) is 4.88 Å². The summed E-state index contributed by atoms with van der Waals surface area (Å²) in [6.45, 7) is 6.64. The van der Waals surface area contributed by atoms with Crippen LogP contribution in [0.15, 0.2) is 34.9 Å². The van der Waals surface area contributed by atoms with Crippen LogP contribution in [0.5, 0.6) is 0 Å². The van der Waals surface area contributed by atoms with Crippen LogP contribution in [0.2, 0.25) is 0 Å². The molecule has 1 atom stereocenters. The number of amides is 4. The number of carbonyl (C=O) groups is 4. The van der Waals surface area contributed by atoms with Crippen LogP contribution in [0.25, 0.3) is 0 Å². The Labute approximate surface area is 165 Å². The summed E-state index contributed by atoms with van der Waals surface area (Å²) in [5.74, 6) is -1.82. The van der Waals surface area contributed by atoms with Crippen molar-refractivity contribution in [2.75, 3.05) is 5.32 Å². The van der Waals surface area contributed by atoms with Gasteiger partial charge in [0.2, 0.25) is 0 Å². The van der Waals surface area contributed by atoms with Gasteiger partial charge in [0.05, 0.1) is 11.3 Å². The highest BCUT2D eigenvalue weighted by Gasteiger charge is 2.23. The lowest BCUT2D eigenvalue weighted by atomic mass is 10.1. The molecule has 28 heavy (non-hydrogen) atoms. The highest BCUT2D eigenvalue weighted by molar-refractivity contribution is 7.18. The fourth-order valence-electron chi connectivity index (χ4n) is 1.95. The van der Waals surface area contributed by atoms with E-state index in [4.69, 9.17) is 9.15 Å². The molecule has 9 nitrogen and oxygen atoms in total. The van der Waals surface area contributed by atoms with Gasteiger partial charge in [-0.2, -0.15) is 0 Å². The van der Waals surface area contributed by atoms with E-state index < -0.39 is 35.5 Å². The number of urea groups is 1. The van der Waals surface area contributed by atoms with Crippen molar-refractivity contribution in [3.63, 3.8) is 0 Å². The molecule has 2 heterocycles. The Morgan fingerprint density at radius 2 is 1.86 bits per heavy atom. The average Bonchev–Trinajstić information content (AvgIpc) is 3.24. The second-order valence-corrected chi connectivity index (χ2v) is 7.92. The summed E-state index contributed by atoms with van der Waals surface area (Å²) < 4.78 is 10.1. The molecule has 3 N–H and O–H groups in total. The number of imide groups is 1. The summed E-state index contributed by atoms with van der Waals surface area (Å²) >= 11 is 0.983. The second kappa shape index (κ2) is 8.70. The quantitative estimate of drug-likeness (QED) is 0.654. The van der Waals surface area contributed by atoms with E-state index in [0.717, 1.165) is 11.3 Å². The van der Waals surface area contributed by atoms with Gasteiger partial charge < -0.3 is 19.8 Å². The second-order valence-electron chi connectivity index (χ2n) is 6.84. The van der Waals surface area contributed by atoms with Gasteiger partial charge in [-0.1, -0.05) is 0 Å². The molecule has 0 radical (unpaired) electrons. The molecule has 2 aromatic rings. The fourth-order valence-corrected chi connectivity index (χ4v) is 2.74. The predicted octanol–water partition coefficient (Wildman–Crippen LogP) is 2.76. The molecule has 0 aliphatic heterocycles. The van der Waals surface area contributed by atoms with Crippen molar-refractivity contribution in [3.05, 3.63) is 41.2 Å². The molecule has 10 heteroatoms. The molecule has 4 amide bonds. The monoisotopic (exact) mass is 407 g/mol. The summed E-state index contributed by atoms with van der Waals surface area (Å²) in [6.07, 6.45) is 0.196.